The maximum atomic E-state index is 13.0. The van der Waals surface area contributed by atoms with Crippen molar-refractivity contribution in [3.8, 4) is 0 Å². The van der Waals surface area contributed by atoms with Gasteiger partial charge in [0.05, 0.1) is 13.7 Å². The Morgan fingerprint density at radius 2 is 1.90 bits per heavy atom. The van der Waals surface area contributed by atoms with Crippen LogP contribution in [0.2, 0.25) is 0 Å². The Morgan fingerprint density at radius 3 is 2.62 bits per heavy atom. The summed E-state index contributed by atoms with van der Waals surface area (Å²) in [6, 6.07) is 13.1. The molecule has 3 rings (SSSR count). The fourth-order valence-electron chi connectivity index (χ4n) is 3.30. The van der Waals surface area contributed by atoms with E-state index in [9.17, 15) is 14.0 Å². The van der Waals surface area contributed by atoms with E-state index in [0.29, 0.717) is 13.0 Å². The Labute approximate surface area is 168 Å². The molecule has 0 aliphatic rings. The third-order valence-corrected chi connectivity index (χ3v) is 4.70. The van der Waals surface area contributed by atoms with Crippen molar-refractivity contribution in [3.05, 3.63) is 71.7 Å². The number of likely N-dealkylation sites (N-methyl/N-ethyl adjacent to an activating group) is 1. The minimum atomic E-state index is -0.786. The van der Waals surface area contributed by atoms with Crippen LogP contribution in [-0.4, -0.2) is 48.5 Å². The zero-order valence-electron chi connectivity index (χ0n) is 16.4. The number of amides is 1. The lowest BCUT2D eigenvalue weighted by atomic mass is 10.0. The van der Waals surface area contributed by atoms with E-state index in [2.05, 4.69) is 10.3 Å². The van der Waals surface area contributed by atoms with E-state index in [1.54, 1.807) is 24.1 Å². The van der Waals surface area contributed by atoms with Crippen LogP contribution in [0, 0.1) is 5.82 Å². The van der Waals surface area contributed by atoms with E-state index in [1.807, 2.05) is 30.5 Å². The molecule has 0 aliphatic carbocycles. The molecule has 1 amide bonds. The van der Waals surface area contributed by atoms with E-state index >= 15 is 0 Å². The number of aromatic nitrogens is 1. The van der Waals surface area contributed by atoms with Crippen molar-refractivity contribution in [1.82, 2.24) is 15.2 Å². The van der Waals surface area contributed by atoms with E-state index in [4.69, 9.17) is 4.74 Å². The van der Waals surface area contributed by atoms with Crippen LogP contribution < -0.4 is 5.32 Å². The van der Waals surface area contributed by atoms with E-state index < -0.39 is 12.0 Å². The summed E-state index contributed by atoms with van der Waals surface area (Å²) in [7, 11) is 3.09. The molecule has 0 bridgehead atoms. The van der Waals surface area contributed by atoms with Crippen LogP contribution >= 0.6 is 0 Å². The molecule has 3 aromatic rings. The number of halogens is 1. The Hall–Kier alpha value is -3.19. The molecule has 2 aromatic carbocycles. The molecule has 1 aromatic heterocycles. The molecule has 2 N–H and O–H groups in total. The summed E-state index contributed by atoms with van der Waals surface area (Å²) in [5.41, 5.74) is 2.79. The van der Waals surface area contributed by atoms with Gasteiger partial charge in [-0.2, -0.15) is 0 Å². The van der Waals surface area contributed by atoms with E-state index in [0.717, 1.165) is 22.0 Å². The number of hydrogen-bond donors (Lipinski definition) is 2. The van der Waals surface area contributed by atoms with Gasteiger partial charge in [0, 0.05) is 30.1 Å². The zero-order valence-corrected chi connectivity index (χ0v) is 16.4. The normalized spacial score (nSPS) is 12.1. The van der Waals surface area contributed by atoms with Crippen molar-refractivity contribution in [3.63, 3.8) is 0 Å². The third kappa shape index (κ3) is 5.42. The number of nitrogens with one attached hydrogen (secondary N) is 2. The molecule has 6 nitrogen and oxygen atoms in total. The smallest absolute Gasteiger partial charge is 0.328 e. The quantitative estimate of drug-likeness (QED) is 0.573. The van der Waals surface area contributed by atoms with Crippen LogP contribution in [-0.2, 0) is 27.3 Å². The topological polar surface area (TPSA) is 74.4 Å². The molecule has 152 valence electrons. The number of hydrogen-bond acceptors (Lipinski definition) is 4. The van der Waals surface area contributed by atoms with Gasteiger partial charge >= 0.3 is 5.97 Å². The molecule has 0 fully saturated rings. The number of ether oxygens (including phenoxy) is 1. The molecule has 0 spiro atoms. The maximum Gasteiger partial charge on any atom is 0.328 e. The number of carbonyl (C=O) groups excluding carboxylic acids is 2. The van der Waals surface area contributed by atoms with Gasteiger partial charge in [-0.05, 0) is 36.4 Å². The number of para-hydroxylation sites is 1. The molecule has 0 aliphatic heterocycles. The van der Waals surface area contributed by atoms with Crippen LogP contribution in [0.25, 0.3) is 10.9 Å². The van der Waals surface area contributed by atoms with Crippen LogP contribution in [0.4, 0.5) is 4.39 Å². The van der Waals surface area contributed by atoms with Gasteiger partial charge in [0.2, 0.25) is 5.91 Å². The first-order chi connectivity index (χ1) is 14.0. The molecule has 0 saturated carbocycles. The van der Waals surface area contributed by atoms with Crippen LogP contribution in [0.15, 0.2) is 54.7 Å². The highest BCUT2D eigenvalue weighted by Crippen LogP contribution is 2.19. The molecule has 0 radical (unpaired) electrons. The number of carbonyl (C=O) groups is 2. The highest BCUT2D eigenvalue weighted by atomic mass is 19.1. The SMILES string of the molecule is COC(=O)[C@@H](Cc1c[nH]c2ccccc12)NC(=O)CN(C)Cc1ccc(F)cc1. The Morgan fingerprint density at radius 1 is 1.17 bits per heavy atom. The molecule has 1 atom stereocenters. The zero-order chi connectivity index (χ0) is 20.8. The maximum absolute atomic E-state index is 13.0. The summed E-state index contributed by atoms with van der Waals surface area (Å²) in [6.45, 7) is 0.581. The minimum absolute atomic E-state index is 0.0960. The lowest BCUT2D eigenvalue weighted by molar-refractivity contribution is -0.145. The number of benzene rings is 2. The van der Waals surface area contributed by atoms with E-state index in [1.165, 1.54) is 19.2 Å². The third-order valence-electron chi connectivity index (χ3n) is 4.70. The van der Waals surface area contributed by atoms with Gasteiger partial charge in [-0.3, -0.25) is 9.69 Å². The summed E-state index contributed by atoms with van der Waals surface area (Å²) >= 11 is 0. The van der Waals surface area contributed by atoms with Crippen LogP contribution in [0.5, 0.6) is 0 Å². The predicted molar refractivity (Wildman–Crippen MR) is 109 cm³/mol. The van der Waals surface area contributed by atoms with Crippen molar-refractivity contribution in [2.75, 3.05) is 20.7 Å². The van der Waals surface area contributed by atoms with Gasteiger partial charge in [0.25, 0.3) is 0 Å². The Balaban J connectivity index is 1.62. The number of H-pyrrole nitrogens is 1. The van der Waals surface area contributed by atoms with Gasteiger partial charge in [0.15, 0.2) is 0 Å². The van der Waals surface area contributed by atoms with E-state index in [-0.39, 0.29) is 18.3 Å². The highest BCUT2D eigenvalue weighted by Gasteiger charge is 2.23. The lowest BCUT2D eigenvalue weighted by Crippen LogP contribution is -2.46. The summed E-state index contributed by atoms with van der Waals surface area (Å²) < 4.78 is 17.9. The molecule has 0 unspecified atom stereocenters. The first kappa shape index (κ1) is 20.5. The highest BCUT2D eigenvalue weighted by molar-refractivity contribution is 5.87. The van der Waals surface area contributed by atoms with Gasteiger partial charge in [-0.25, -0.2) is 9.18 Å². The first-order valence-corrected chi connectivity index (χ1v) is 9.31. The fourth-order valence-corrected chi connectivity index (χ4v) is 3.30. The fraction of sp³-hybridized carbons (Fsp3) is 0.273. The van der Waals surface area contributed by atoms with Crippen molar-refractivity contribution >= 4 is 22.8 Å². The molecule has 0 saturated heterocycles. The number of nitrogens with zero attached hydrogens (tertiary/aromatic N) is 1. The lowest BCUT2D eigenvalue weighted by Gasteiger charge is -2.20. The minimum Gasteiger partial charge on any atom is -0.467 e. The monoisotopic (exact) mass is 397 g/mol. The van der Waals surface area contributed by atoms with Crippen molar-refractivity contribution in [2.45, 2.75) is 19.0 Å². The number of aromatic amines is 1. The number of methoxy groups -OCH3 is 1. The largest absolute Gasteiger partial charge is 0.467 e. The number of rotatable bonds is 8. The van der Waals surface area contributed by atoms with Gasteiger partial charge in [0.1, 0.15) is 11.9 Å². The summed E-state index contributed by atoms with van der Waals surface area (Å²) in [4.78, 5) is 29.7. The van der Waals surface area contributed by atoms with Crippen molar-refractivity contribution in [1.29, 1.82) is 0 Å². The molecule has 29 heavy (non-hydrogen) atoms. The molecule has 7 heteroatoms. The second-order valence-electron chi connectivity index (χ2n) is 7.01. The summed E-state index contributed by atoms with van der Waals surface area (Å²) in [5.74, 6) is -1.08. The second kappa shape index (κ2) is 9.34. The first-order valence-electron chi connectivity index (χ1n) is 9.31. The van der Waals surface area contributed by atoms with Gasteiger partial charge < -0.3 is 15.0 Å². The summed E-state index contributed by atoms with van der Waals surface area (Å²) in [5, 5.41) is 3.77. The number of esters is 1. The van der Waals surface area contributed by atoms with Gasteiger partial charge in [-0.15, -0.1) is 0 Å². The standard InChI is InChI=1S/C22H24FN3O3/c1-26(13-15-7-9-17(23)10-8-15)14-21(27)25-20(22(28)29-2)11-16-12-24-19-6-4-3-5-18(16)19/h3-10,12,20,24H,11,13-14H2,1-2H3,(H,25,27)/t20-/m1/s1. The molecular formula is C22H24FN3O3. The summed E-state index contributed by atoms with van der Waals surface area (Å²) in [6.07, 6.45) is 2.16. The second-order valence-corrected chi connectivity index (χ2v) is 7.01. The molecule has 1 heterocycles. The Bertz CT molecular complexity index is 984. The van der Waals surface area contributed by atoms with Gasteiger partial charge in [-0.1, -0.05) is 30.3 Å². The van der Waals surface area contributed by atoms with Crippen molar-refractivity contribution in [2.24, 2.45) is 0 Å². The predicted octanol–water partition coefficient (Wildman–Crippen LogP) is 2.64. The average Bonchev–Trinajstić information content (AvgIpc) is 3.11. The van der Waals surface area contributed by atoms with Crippen LogP contribution in [0.3, 0.4) is 0 Å². The molecular weight excluding hydrogens is 373 g/mol. The van der Waals surface area contributed by atoms with Crippen molar-refractivity contribution < 1.29 is 18.7 Å². The Kier molecular flexibility index (Phi) is 6.61. The van der Waals surface area contributed by atoms with Crippen LogP contribution in [0.1, 0.15) is 11.1 Å². The average molecular weight is 397 g/mol. The number of fused-ring (bicyclic) bond motifs is 1.